The van der Waals surface area contributed by atoms with Crippen molar-refractivity contribution in [3.8, 4) is 0 Å². The molecule has 0 fully saturated rings. The number of rotatable bonds is 4. The van der Waals surface area contributed by atoms with Crippen molar-refractivity contribution in [3.63, 3.8) is 0 Å². The molecule has 0 saturated carbocycles. The van der Waals surface area contributed by atoms with Crippen LogP contribution in [0.1, 0.15) is 33.2 Å². The second-order valence-electron chi connectivity index (χ2n) is 4.17. The van der Waals surface area contributed by atoms with Gasteiger partial charge in [0.2, 0.25) is 0 Å². The number of carbonyl (C=O) groups is 1. The molecular formula is C13H13FN2O2S. The van der Waals surface area contributed by atoms with Gasteiger partial charge in [0.25, 0.3) is 0 Å². The van der Waals surface area contributed by atoms with Crippen LogP contribution in [-0.4, -0.2) is 16.1 Å². The van der Waals surface area contributed by atoms with Crippen molar-refractivity contribution >= 4 is 23.0 Å². The largest absolute Gasteiger partial charge is 0.478 e. The number of hydrogen-bond acceptors (Lipinski definition) is 4. The zero-order valence-corrected chi connectivity index (χ0v) is 11.3. The normalized spacial score (nSPS) is 12.2. The molecule has 1 aromatic heterocycles. The van der Waals surface area contributed by atoms with Crippen molar-refractivity contribution in [1.82, 2.24) is 4.98 Å². The number of aromatic nitrogens is 1. The lowest BCUT2D eigenvalue weighted by Crippen LogP contribution is -2.10. The molecular weight excluding hydrogens is 267 g/mol. The van der Waals surface area contributed by atoms with Gasteiger partial charge in [-0.1, -0.05) is 0 Å². The Bertz CT molecular complexity index is 612. The predicted octanol–water partition coefficient (Wildman–Crippen LogP) is 3.46. The first-order chi connectivity index (χ1) is 8.97. The summed E-state index contributed by atoms with van der Waals surface area (Å²) >= 11 is 1.54. The quantitative estimate of drug-likeness (QED) is 0.900. The highest BCUT2D eigenvalue weighted by Gasteiger charge is 2.15. The Labute approximate surface area is 113 Å². The Kier molecular flexibility index (Phi) is 3.80. The number of nitrogens with zero attached hydrogens (tertiary/aromatic N) is 1. The topological polar surface area (TPSA) is 62.2 Å². The standard InChI is InChI=1S/C13H13FN2O2S/c1-7-6-15-12(19-7)8(2)16-11-4-3-9(14)5-10(11)13(17)18/h3-6,8,16H,1-2H3,(H,17,18). The van der Waals surface area contributed by atoms with Gasteiger partial charge in [0, 0.05) is 16.8 Å². The van der Waals surface area contributed by atoms with Gasteiger partial charge in [-0.2, -0.15) is 0 Å². The Morgan fingerprint density at radius 1 is 1.53 bits per heavy atom. The summed E-state index contributed by atoms with van der Waals surface area (Å²) in [6.07, 6.45) is 1.76. The molecule has 1 atom stereocenters. The minimum absolute atomic E-state index is 0.0832. The maximum atomic E-state index is 13.1. The van der Waals surface area contributed by atoms with Crippen molar-refractivity contribution in [3.05, 3.63) is 45.7 Å². The van der Waals surface area contributed by atoms with Crippen molar-refractivity contribution in [2.45, 2.75) is 19.9 Å². The van der Waals surface area contributed by atoms with Gasteiger partial charge in [0.05, 0.1) is 11.6 Å². The molecule has 2 rings (SSSR count). The van der Waals surface area contributed by atoms with Gasteiger partial charge >= 0.3 is 5.97 Å². The van der Waals surface area contributed by atoms with E-state index in [1.54, 1.807) is 6.20 Å². The maximum Gasteiger partial charge on any atom is 0.337 e. The summed E-state index contributed by atoms with van der Waals surface area (Å²) in [7, 11) is 0. The number of carboxylic acids is 1. The van der Waals surface area contributed by atoms with E-state index in [-0.39, 0.29) is 11.6 Å². The van der Waals surface area contributed by atoms with Gasteiger partial charge < -0.3 is 10.4 Å². The average Bonchev–Trinajstić information content (AvgIpc) is 2.78. The molecule has 100 valence electrons. The van der Waals surface area contributed by atoms with Gasteiger partial charge in [-0.15, -0.1) is 11.3 Å². The van der Waals surface area contributed by atoms with E-state index < -0.39 is 11.8 Å². The monoisotopic (exact) mass is 280 g/mol. The fourth-order valence-corrected chi connectivity index (χ4v) is 2.46. The highest BCUT2D eigenvalue weighted by atomic mass is 32.1. The summed E-state index contributed by atoms with van der Waals surface area (Å²) in [4.78, 5) is 16.4. The molecule has 0 amide bonds. The fraction of sp³-hybridized carbons (Fsp3) is 0.231. The van der Waals surface area contributed by atoms with Crippen molar-refractivity contribution in [1.29, 1.82) is 0 Å². The maximum absolute atomic E-state index is 13.1. The fourth-order valence-electron chi connectivity index (χ4n) is 1.69. The number of aromatic carboxylic acids is 1. The third kappa shape index (κ3) is 3.08. The van der Waals surface area contributed by atoms with Crippen LogP contribution in [0.3, 0.4) is 0 Å². The highest BCUT2D eigenvalue weighted by Crippen LogP contribution is 2.25. The van der Waals surface area contributed by atoms with E-state index in [0.29, 0.717) is 5.69 Å². The number of carboxylic acid groups (broad SMARTS) is 1. The molecule has 0 aliphatic rings. The van der Waals surface area contributed by atoms with E-state index in [9.17, 15) is 9.18 Å². The molecule has 0 radical (unpaired) electrons. The Morgan fingerprint density at radius 2 is 2.26 bits per heavy atom. The Balaban J connectivity index is 2.26. The first kappa shape index (κ1) is 13.5. The summed E-state index contributed by atoms with van der Waals surface area (Å²) in [6, 6.07) is 3.52. The van der Waals surface area contributed by atoms with Crippen molar-refractivity contribution in [2.75, 3.05) is 5.32 Å². The lowest BCUT2D eigenvalue weighted by Gasteiger charge is -2.14. The third-order valence-electron chi connectivity index (χ3n) is 2.59. The summed E-state index contributed by atoms with van der Waals surface area (Å²) < 4.78 is 13.1. The summed E-state index contributed by atoms with van der Waals surface area (Å²) in [5, 5.41) is 13.0. The molecule has 6 heteroatoms. The van der Waals surface area contributed by atoms with E-state index in [1.165, 1.54) is 23.5 Å². The molecule has 0 spiro atoms. The van der Waals surface area contributed by atoms with Crippen LogP contribution in [0, 0.1) is 12.7 Å². The molecule has 4 nitrogen and oxygen atoms in total. The summed E-state index contributed by atoms with van der Waals surface area (Å²) in [5.74, 6) is -1.73. The number of halogens is 1. The zero-order chi connectivity index (χ0) is 14.0. The lowest BCUT2D eigenvalue weighted by molar-refractivity contribution is 0.0697. The van der Waals surface area contributed by atoms with Gasteiger partial charge in [-0.3, -0.25) is 0 Å². The first-order valence-corrected chi connectivity index (χ1v) is 6.50. The number of aryl methyl sites for hydroxylation is 1. The van der Waals surface area contributed by atoms with Crippen LogP contribution < -0.4 is 5.32 Å². The van der Waals surface area contributed by atoms with Crippen LogP contribution in [0.4, 0.5) is 10.1 Å². The first-order valence-electron chi connectivity index (χ1n) is 5.69. The molecule has 2 aromatic rings. The molecule has 0 aliphatic carbocycles. The van der Waals surface area contributed by atoms with E-state index >= 15 is 0 Å². The summed E-state index contributed by atoms with van der Waals surface area (Å²) in [5.41, 5.74) is 0.300. The van der Waals surface area contributed by atoms with Crippen LogP contribution in [-0.2, 0) is 0 Å². The van der Waals surface area contributed by atoms with E-state index in [0.717, 1.165) is 16.0 Å². The van der Waals surface area contributed by atoms with Crippen molar-refractivity contribution < 1.29 is 14.3 Å². The zero-order valence-electron chi connectivity index (χ0n) is 10.5. The van der Waals surface area contributed by atoms with Gasteiger partial charge in [0.15, 0.2) is 0 Å². The van der Waals surface area contributed by atoms with Crippen molar-refractivity contribution in [2.24, 2.45) is 0 Å². The molecule has 1 aromatic carbocycles. The number of benzene rings is 1. The second-order valence-corrected chi connectivity index (χ2v) is 5.44. The third-order valence-corrected chi connectivity index (χ3v) is 3.69. The molecule has 1 unspecified atom stereocenters. The number of hydrogen-bond donors (Lipinski definition) is 2. The predicted molar refractivity (Wildman–Crippen MR) is 72.2 cm³/mol. The van der Waals surface area contributed by atoms with Crippen LogP contribution in [0.25, 0.3) is 0 Å². The molecule has 19 heavy (non-hydrogen) atoms. The number of thiazole rings is 1. The molecule has 1 heterocycles. The van der Waals surface area contributed by atoms with Gasteiger partial charge in [-0.05, 0) is 32.0 Å². The minimum atomic E-state index is -1.16. The SMILES string of the molecule is Cc1cnc(C(C)Nc2ccc(F)cc2C(=O)O)s1. The summed E-state index contributed by atoms with van der Waals surface area (Å²) in [6.45, 7) is 3.84. The Morgan fingerprint density at radius 3 is 2.84 bits per heavy atom. The molecule has 0 bridgehead atoms. The Hall–Kier alpha value is -1.95. The smallest absolute Gasteiger partial charge is 0.337 e. The van der Waals surface area contributed by atoms with E-state index in [1.807, 2.05) is 13.8 Å². The van der Waals surface area contributed by atoms with Crippen LogP contribution in [0.15, 0.2) is 24.4 Å². The van der Waals surface area contributed by atoms with Crippen LogP contribution in [0.5, 0.6) is 0 Å². The number of anilines is 1. The molecule has 2 N–H and O–H groups in total. The van der Waals surface area contributed by atoms with E-state index in [2.05, 4.69) is 10.3 Å². The van der Waals surface area contributed by atoms with Gasteiger partial charge in [0.1, 0.15) is 10.8 Å². The van der Waals surface area contributed by atoms with E-state index in [4.69, 9.17) is 5.11 Å². The highest BCUT2D eigenvalue weighted by molar-refractivity contribution is 7.11. The average molecular weight is 280 g/mol. The van der Waals surface area contributed by atoms with Gasteiger partial charge in [-0.25, -0.2) is 14.2 Å². The minimum Gasteiger partial charge on any atom is -0.478 e. The van der Waals surface area contributed by atoms with Crippen LogP contribution >= 0.6 is 11.3 Å². The van der Waals surface area contributed by atoms with Crippen LogP contribution in [0.2, 0.25) is 0 Å². The molecule has 0 aliphatic heterocycles. The molecule has 0 saturated heterocycles. The number of nitrogens with one attached hydrogen (secondary N) is 1. The second kappa shape index (κ2) is 5.36. The lowest BCUT2D eigenvalue weighted by atomic mass is 10.1.